The summed E-state index contributed by atoms with van der Waals surface area (Å²) in [6, 6.07) is 4.76. The van der Waals surface area contributed by atoms with Crippen molar-refractivity contribution in [2.24, 2.45) is 12.0 Å². The molecule has 0 spiro atoms. The molecule has 0 bridgehead atoms. The number of hydrogen-bond acceptors (Lipinski definition) is 7. The summed E-state index contributed by atoms with van der Waals surface area (Å²) in [4.78, 5) is 29.5. The molecule has 1 aliphatic rings. The fourth-order valence-corrected chi connectivity index (χ4v) is 2.87. The topological polar surface area (TPSA) is 104 Å². The predicted molar refractivity (Wildman–Crippen MR) is 104 cm³/mol. The van der Waals surface area contributed by atoms with Gasteiger partial charge in [0.2, 0.25) is 5.90 Å². The third-order valence-electron chi connectivity index (χ3n) is 4.23. The van der Waals surface area contributed by atoms with Gasteiger partial charge in [0, 0.05) is 18.7 Å². The number of aliphatic hydroxyl groups excluding tert-OH is 1. The van der Waals surface area contributed by atoms with E-state index >= 15 is 0 Å². The van der Waals surface area contributed by atoms with Crippen LogP contribution >= 0.6 is 0 Å². The highest BCUT2D eigenvalue weighted by molar-refractivity contribution is 6.24. The molecule has 0 saturated heterocycles. The fourth-order valence-electron chi connectivity index (χ4n) is 2.87. The van der Waals surface area contributed by atoms with Gasteiger partial charge < -0.3 is 19.3 Å². The third kappa shape index (κ3) is 4.86. The smallest absolute Gasteiger partial charge is 0.438 e. The molecule has 12 heteroatoms. The zero-order valence-electron chi connectivity index (χ0n) is 16.3. The number of aliphatic imine (C=N–C) groups is 1. The van der Waals surface area contributed by atoms with Crippen LogP contribution in [0.5, 0.6) is 11.5 Å². The lowest BCUT2D eigenvalue weighted by molar-refractivity contribution is -0.274. The van der Waals surface area contributed by atoms with E-state index in [0.29, 0.717) is 0 Å². The van der Waals surface area contributed by atoms with E-state index in [-0.39, 0.29) is 55.0 Å². The Balaban J connectivity index is 1.87. The Bertz CT molecular complexity index is 1150. The number of hydrogen-bond donors (Lipinski definition) is 1. The van der Waals surface area contributed by atoms with Crippen molar-refractivity contribution < 1.29 is 32.5 Å². The Morgan fingerprint density at radius 1 is 1.19 bits per heavy atom. The quantitative estimate of drug-likeness (QED) is 0.655. The molecule has 1 aliphatic heterocycles. The number of aromatic nitrogens is 2. The van der Waals surface area contributed by atoms with Crippen LogP contribution in [0.15, 0.2) is 45.4 Å². The number of alkyl halides is 3. The highest BCUT2D eigenvalue weighted by atomic mass is 19.4. The van der Waals surface area contributed by atoms with Crippen LogP contribution in [0.3, 0.4) is 0 Å². The molecule has 1 aromatic carbocycles. The van der Waals surface area contributed by atoms with Gasteiger partial charge in [-0.1, -0.05) is 12.6 Å². The maximum Gasteiger partial charge on any atom is 0.573 e. The third-order valence-corrected chi connectivity index (χ3v) is 4.23. The Hall–Kier alpha value is -3.38. The standard InChI is InChI=1S/C19H18F3N3O6/c1-11-14-15(24(2)18(28)25(17(14)27)6-8-29-9-7-26)23-16(11)30-12-4-3-5-13(10-12)31-19(20,21)22/h3-5,10,26H,1,6-9H2,2H3. The lowest BCUT2D eigenvalue weighted by Crippen LogP contribution is -2.41. The van der Waals surface area contributed by atoms with Gasteiger partial charge in [0.25, 0.3) is 5.56 Å². The predicted octanol–water partition coefficient (Wildman–Crippen LogP) is 1.59. The van der Waals surface area contributed by atoms with Crippen molar-refractivity contribution in [1.82, 2.24) is 9.13 Å². The van der Waals surface area contributed by atoms with Crippen molar-refractivity contribution in [2.75, 3.05) is 19.8 Å². The minimum atomic E-state index is -4.87. The van der Waals surface area contributed by atoms with Gasteiger partial charge in [-0.05, 0) is 12.1 Å². The average Bonchev–Trinajstić information content (AvgIpc) is 3.01. The number of aliphatic hydroxyl groups is 1. The van der Waals surface area contributed by atoms with E-state index < -0.39 is 23.4 Å². The van der Waals surface area contributed by atoms with Crippen molar-refractivity contribution in [1.29, 1.82) is 0 Å². The molecule has 0 fully saturated rings. The molecule has 1 N–H and O–H groups in total. The van der Waals surface area contributed by atoms with E-state index in [2.05, 4.69) is 16.3 Å². The Morgan fingerprint density at radius 2 is 1.90 bits per heavy atom. The van der Waals surface area contributed by atoms with Crippen LogP contribution in [0.2, 0.25) is 0 Å². The largest absolute Gasteiger partial charge is 0.573 e. The molecular formula is C19H18F3N3O6. The first-order valence-corrected chi connectivity index (χ1v) is 8.97. The summed E-state index contributed by atoms with van der Waals surface area (Å²) in [5.74, 6) is -0.646. The number of fused-ring (bicyclic) bond motifs is 1. The minimum absolute atomic E-state index is 0.0187. The monoisotopic (exact) mass is 441 g/mol. The number of halogens is 3. The first kappa shape index (κ1) is 22.3. The second kappa shape index (κ2) is 8.78. The molecule has 9 nitrogen and oxygen atoms in total. The molecule has 3 rings (SSSR count). The van der Waals surface area contributed by atoms with Crippen molar-refractivity contribution in [3.63, 3.8) is 0 Å². The van der Waals surface area contributed by atoms with Crippen molar-refractivity contribution in [2.45, 2.75) is 12.9 Å². The summed E-state index contributed by atoms with van der Waals surface area (Å²) < 4.78 is 53.8. The normalized spacial score (nSPS) is 13.2. The zero-order chi connectivity index (χ0) is 22.8. The molecule has 0 saturated carbocycles. The van der Waals surface area contributed by atoms with Gasteiger partial charge in [-0.3, -0.25) is 13.9 Å². The molecule has 166 valence electrons. The Labute approximate surface area is 173 Å². The first-order valence-electron chi connectivity index (χ1n) is 8.97. The van der Waals surface area contributed by atoms with Gasteiger partial charge in [0.05, 0.1) is 31.9 Å². The van der Waals surface area contributed by atoms with Gasteiger partial charge in [0.15, 0.2) is 5.82 Å². The van der Waals surface area contributed by atoms with Crippen LogP contribution in [-0.2, 0) is 18.3 Å². The van der Waals surface area contributed by atoms with Crippen molar-refractivity contribution in [3.8, 4) is 11.5 Å². The number of ether oxygens (including phenoxy) is 3. The molecule has 0 atom stereocenters. The van der Waals surface area contributed by atoms with Gasteiger partial charge in [-0.25, -0.2) is 4.79 Å². The van der Waals surface area contributed by atoms with E-state index in [1.165, 1.54) is 19.2 Å². The second-order valence-electron chi connectivity index (χ2n) is 6.35. The molecule has 0 radical (unpaired) electrons. The van der Waals surface area contributed by atoms with Crippen LogP contribution in [0.1, 0.15) is 5.56 Å². The zero-order valence-corrected chi connectivity index (χ0v) is 16.3. The van der Waals surface area contributed by atoms with E-state index in [9.17, 15) is 22.8 Å². The molecule has 2 heterocycles. The maximum atomic E-state index is 12.8. The maximum absolute atomic E-state index is 12.8. The summed E-state index contributed by atoms with van der Waals surface area (Å²) in [6.45, 7) is 3.61. The molecule has 1 aromatic heterocycles. The average molecular weight is 441 g/mol. The lowest BCUT2D eigenvalue weighted by atomic mass is 10.1. The van der Waals surface area contributed by atoms with E-state index in [1.807, 2.05) is 0 Å². The molecule has 0 aliphatic carbocycles. The second-order valence-corrected chi connectivity index (χ2v) is 6.35. The molecule has 2 aromatic rings. The summed E-state index contributed by atoms with van der Waals surface area (Å²) >= 11 is 0. The highest BCUT2D eigenvalue weighted by Crippen LogP contribution is 2.32. The molecule has 0 unspecified atom stereocenters. The first-order chi connectivity index (χ1) is 14.6. The Kier molecular flexibility index (Phi) is 6.32. The summed E-state index contributed by atoms with van der Waals surface area (Å²) in [5, 5.41) is 8.74. The van der Waals surface area contributed by atoms with Gasteiger partial charge >= 0.3 is 12.1 Å². The van der Waals surface area contributed by atoms with Crippen LogP contribution in [0.25, 0.3) is 5.57 Å². The number of benzene rings is 1. The van der Waals surface area contributed by atoms with E-state index in [1.54, 1.807) is 0 Å². The number of rotatable bonds is 7. The lowest BCUT2D eigenvalue weighted by Gasteiger charge is -2.11. The van der Waals surface area contributed by atoms with Crippen LogP contribution in [0.4, 0.5) is 19.0 Å². The molecular weight excluding hydrogens is 423 g/mol. The van der Waals surface area contributed by atoms with E-state index in [0.717, 1.165) is 21.3 Å². The van der Waals surface area contributed by atoms with Crippen LogP contribution < -0.4 is 20.7 Å². The van der Waals surface area contributed by atoms with Gasteiger partial charge in [-0.2, -0.15) is 4.99 Å². The van der Waals surface area contributed by atoms with Crippen molar-refractivity contribution >= 4 is 17.3 Å². The van der Waals surface area contributed by atoms with Crippen LogP contribution in [-0.4, -0.2) is 46.3 Å². The highest BCUT2D eigenvalue weighted by Gasteiger charge is 2.32. The summed E-state index contributed by atoms with van der Waals surface area (Å²) in [7, 11) is 1.41. The molecule has 31 heavy (non-hydrogen) atoms. The van der Waals surface area contributed by atoms with E-state index in [4.69, 9.17) is 14.6 Å². The van der Waals surface area contributed by atoms with Crippen molar-refractivity contribution in [3.05, 3.63) is 57.2 Å². The SMILES string of the molecule is C=C1C(Oc2cccc(OC(F)(F)F)c2)=Nc2c1c(=O)n(CCOCCO)c(=O)n2C. The fraction of sp³-hybridized carbons (Fsp3) is 0.316. The van der Waals surface area contributed by atoms with Gasteiger partial charge in [0.1, 0.15) is 11.5 Å². The van der Waals surface area contributed by atoms with Crippen LogP contribution in [0, 0.1) is 0 Å². The molecule has 0 amide bonds. The Morgan fingerprint density at radius 3 is 2.58 bits per heavy atom. The number of nitrogens with zero attached hydrogens (tertiary/aromatic N) is 3. The summed E-state index contributed by atoms with van der Waals surface area (Å²) in [6.07, 6.45) is -4.87. The summed E-state index contributed by atoms with van der Waals surface area (Å²) in [5.41, 5.74) is -1.20. The van der Waals surface area contributed by atoms with Gasteiger partial charge in [-0.15, -0.1) is 13.2 Å². The minimum Gasteiger partial charge on any atom is -0.438 e.